The molecule has 2 aromatic rings. The van der Waals surface area contributed by atoms with Gasteiger partial charge in [-0.15, -0.1) is 11.3 Å². The molecule has 1 aliphatic heterocycles. The molecule has 1 aliphatic rings. The van der Waals surface area contributed by atoms with E-state index in [2.05, 4.69) is 30.7 Å². The second-order valence-corrected chi connectivity index (χ2v) is 8.73. The monoisotopic (exact) mass is 386 g/mol. The third kappa shape index (κ3) is 4.15. The fourth-order valence-corrected chi connectivity index (χ4v) is 4.69. The number of rotatable bonds is 5. The van der Waals surface area contributed by atoms with Crippen LogP contribution >= 0.6 is 11.3 Å². The molecule has 1 amide bonds. The molecule has 0 bridgehead atoms. The highest BCUT2D eigenvalue weighted by Crippen LogP contribution is 2.33. The number of carbonyl (C=O) groups is 1. The van der Waals surface area contributed by atoms with Crippen LogP contribution in [0.25, 0.3) is 0 Å². The van der Waals surface area contributed by atoms with Gasteiger partial charge < -0.3 is 9.80 Å². The molecule has 0 spiro atoms. The summed E-state index contributed by atoms with van der Waals surface area (Å²) >= 11 is 1.72. The molecule has 27 heavy (non-hydrogen) atoms. The predicted molar refractivity (Wildman–Crippen MR) is 112 cm³/mol. The van der Waals surface area contributed by atoms with Gasteiger partial charge in [-0.2, -0.15) is 0 Å². The van der Waals surface area contributed by atoms with Crippen molar-refractivity contribution in [2.45, 2.75) is 58.9 Å². The summed E-state index contributed by atoms with van der Waals surface area (Å²) in [5.41, 5.74) is 1.72. The van der Waals surface area contributed by atoms with E-state index in [1.54, 1.807) is 17.5 Å². The van der Waals surface area contributed by atoms with Gasteiger partial charge in [0.1, 0.15) is 5.82 Å². The molecule has 0 saturated carbocycles. The second kappa shape index (κ2) is 8.38. The molecule has 0 radical (unpaired) electrons. The molecule has 146 valence electrons. The smallest absolute Gasteiger partial charge is 0.257 e. The Morgan fingerprint density at radius 2 is 1.93 bits per heavy atom. The maximum atomic E-state index is 13.3. The predicted octanol–water partition coefficient (Wildman–Crippen LogP) is 4.79. The minimum Gasteiger partial charge on any atom is -0.356 e. The molecule has 1 atom stereocenters. The fraction of sp³-hybridized carbons (Fsp3) is 0.571. The van der Waals surface area contributed by atoms with Crippen molar-refractivity contribution in [3.8, 4) is 0 Å². The quantitative estimate of drug-likeness (QED) is 0.741. The van der Waals surface area contributed by atoms with E-state index >= 15 is 0 Å². The summed E-state index contributed by atoms with van der Waals surface area (Å²) in [6, 6.07) is 3.74. The first-order valence-electron chi connectivity index (χ1n) is 9.84. The number of piperidine rings is 1. The van der Waals surface area contributed by atoms with Crippen LogP contribution in [0.5, 0.6) is 0 Å². The summed E-state index contributed by atoms with van der Waals surface area (Å²) in [4.78, 5) is 27.8. The number of anilines is 1. The van der Waals surface area contributed by atoms with Crippen LogP contribution in [0.15, 0.2) is 18.3 Å². The fourth-order valence-electron chi connectivity index (χ4n) is 3.53. The number of hydrogen-bond acceptors (Lipinski definition) is 5. The zero-order valence-electron chi connectivity index (χ0n) is 17.0. The van der Waals surface area contributed by atoms with Crippen molar-refractivity contribution in [2.75, 3.05) is 25.0 Å². The van der Waals surface area contributed by atoms with Gasteiger partial charge in [0.15, 0.2) is 0 Å². The number of nitrogens with zero attached hydrogens (tertiary/aromatic N) is 4. The van der Waals surface area contributed by atoms with Gasteiger partial charge in [-0.1, -0.05) is 13.8 Å². The Labute approximate surface area is 166 Å². The lowest BCUT2D eigenvalue weighted by molar-refractivity contribution is 0.0744. The molecule has 1 fully saturated rings. The lowest BCUT2D eigenvalue weighted by Crippen LogP contribution is -2.35. The average Bonchev–Trinajstić information content (AvgIpc) is 3.09. The van der Waals surface area contributed by atoms with E-state index in [1.165, 1.54) is 6.42 Å². The lowest BCUT2D eigenvalue weighted by Gasteiger charge is -2.31. The first-order chi connectivity index (χ1) is 12.9. The third-order valence-electron chi connectivity index (χ3n) is 5.30. The van der Waals surface area contributed by atoms with E-state index in [9.17, 15) is 4.79 Å². The molecule has 5 nitrogen and oxygen atoms in total. The van der Waals surface area contributed by atoms with Crippen LogP contribution in [0.4, 0.5) is 5.82 Å². The molecule has 2 aromatic heterocycles. The lowest BCUT2D eigenvalue weighted by atomic mass is 10.1. The number of thiazole rings is 1. The van der Waals surface area contributed by atoms with E-state index in [4.69, 9.17) is 4.98 Å². The number of carbonyl (C=O) groups excluding carboxylic acids is 1. The Bertz CT molecular complexity index is 795. The van der Waals surface area contributed by atoms with Crippen molar-refractivity contribution < 1.29 is 4.79 Å². The number of hydrogen-bond donors (Lipinski definition) is 0. The van der Waals surface area contributed by atoms with Gasteiger partial charge in [-0.05, 0) is 45.2 Å². The first kappa shape index (κ1) is 19.8. The van der Waals surface area contributed by atoms with Gasteiger partial charge in [0.2, 0.25) is 0 Å². The topological polar surface area (TPSA) is 49.3 Å². The third-order valence-corrected chi connectivity index (χ3v) is 6.92. The molecule has 0 aromatic carbocycles. The second-order valence-electron chi connectivity index (χ2n) is 7.67. The van der Waals surface area contributed by atoms with E-state index in [-0.39, 0.29) is 11.9 Å². The standard InChI is InChI=1S/C21H30N4OS/c1-14(2)20-23-15(3)18(27-20)16(4)24(5)21(26)17-10-9-11-22-19(17)25-12-7-6-8-13-25/h9-11,14,16H,6-8,12-13H2,1-5H3. The van der Waals surface area contributed by atoms with E-state index < -0.39 is 0 Å². The van der Waals surface area contributed by atoms with Crippen LogP contribution in [-0.2, 0) is 0 Å². The van der Waals surface area contributed by atoms with Crippen molar-refractivity contribution in [3.05, 3.63) is 39.5 Å². The summed E-state index contributed by atoms with van der Waals surface area (Å²) in [5.74, 6) is 1.25. The maximum Gasteiger partial charge on any atom is 0.257 e. The molecule has 3 rings (SSSR count). The normalized spacial score (nSPS) is 15.9. The van der Waals surface area contributed by atoms with Crippen LogP contribution < -0.4 is 4.90 Å². The van der Waals surface area contributed by atoms with Crippen LogP contribution in [-0.4, -0.2) is 40.9 Å². The van der Waals surface area contributed by atoms with Crippen LogP contribution in [0.2, 0.25) is 0 Å². The molecule has 0 aliphatic carbocycles. The van der Waals surface area contributed by atoms with Gasteiger partial charge in [-0.25, -0.2) is 9.97 Å². The van der Waals surface area contributed by atoms with Crippen LogP contribution in [0.1, 0.15) is 77.9 Å². The van der Waals surface area contributed by atoms with Gasteiger partial charge in [0.05, 0.1) is 22.3 Å². The molecule has 3 heterocycles. The number of aromatic nitrogens is 2. The van der Waals surface area contributed by atoms with E-state index in [1.807, 2.05) is 31.0 Å². The first-order valence-corrected chi connectivity index (χ1v) is 10.7. The highest BCUT2D eigenvalue weighted by atomic mass is 32.1. The van der Waals surface area contributed by atoms with Gasteiger partial charge in [-0.3, -0.25) is 4.79 Å². The van der Waals surface area contributed by atoms with Crippen molar-refractivity contribution in [1.29, 1.82) is 0 Å². The summed E-state index contributed by atoms with van der Waals surface area (Å²) < 4.78 is 0. The molecular formula is C21H30N4OS. The minimum absolute atomic E-state index is 0.0167. The maximum absolute atomic E-state index is 13.3. The Balaban J connectivity index is 1.85. The van der Waals surface area contributed by atoms with Crippen molar-refractivity contribution in [2.24, 2.45) is 0 Å². The van der Waals surface area contributed by atoms with Crippen molar-refractivity contribution in [3.63, 3.8) is 0 Å². The SMILES string of the molecule is Cc1nc(C(C)C)sc1C(C)N(C)C(=O)c1cccnc1N1CCCCC1. The summed E-state index contributed by atoms with van der Waals surface area (Å²) in [6.45, 7) is 10.4. The molecular weight excluding hydrogens is 356 g/mol. The minimum atomic E-state index is -0.0167. The van der Waals surface area contributed by atoms with Gasteiger partial charge in [0, 0.05) is 37.1 Å². The molecule has 1 saturated heterocycles. The van der Waals surface area contributed by atoms with E-state index in [0.717, 1.165) is 47.3 Å². The van der Waals surface area contributed by atoms with Crippen molar-refractivity contribution >= 4 is 23.1 Å². The average molecular weight is 387 g/mol. The van der Waals surface area contributed by atoms with E-state index in [0.29, 0.717) is 11.5 Å². The summed E-state index contributed by atoms with van der Waals surface area (Å²) in [7, 11) is 1.88. The highest BCUT2D eigenvalue weighted by molar-refractivity contribution is 7.11. The Morgan fingerprint density at radius 1 is 1.22 bits per heavy atom. The largest absolute Gasteiger partial charge is 0.356 e. The van der Waals surface area contributed by atoms with Gasteiger partial charge >= 0.3 is 0 Å². The number of amides is 1. The Hall–Kier alpha value is -1.95. The summed E-state index contributed by atoms with van der Waals surface area (Å²) in [5, 5.41) is 1.13. The van der Waals surface area contributed by atoms with Gasteiger partial charge in [0.25, 0.3) is 5.91 Å². The van der Waals surface area contributed by atoms with Crippen molar-refractivity contribution in [1.82, 2.24) is 14.9 Å². The van der Waals surface area contributed by atoms with Crippen LogP contribution in [0.3, 0.4) is 0 Å². The Kier molecular flexibility index (Phi) is 6.15. The number of pyridine rings is 1. The molecule has 0 N–H and O–H groups in total. The summed E-state index contributed by atoms with van der Waals surface area (Å²) in [6.07, 6.45) is 5.36. The van der Waals surface area contributed by atoms with Crippen LogP contribution in [0, 0.1) is 6.92 Å². The Morgan fingerprint density at radius 3 is 2.56 bits per heavy atom. The zero-order chi connectivity index (χ0) is 19.6. The highest BCUT2D eigenvalue weighted by Gasteiger charge is 2.27. The molecule has 6 heteroatoms. The number of aryl methyl sites for hydroxylation is 1. The zero-order valence-corrected chi connectivity index (χ0v) is 17.8. The molecule has 1 unspecified atom stereocenters.